The number of aliphatic imine (C=N–C) groups is 1. The van der Waals surface area contributed by atoms with E-state index in [0.717, 1.165) is 84.6 Å². The summed E-state index contributed by atoms with van der Waals surface area (Å²) in [6.07, 6.45) is 9.26. The van der Waals surface area contributed by atoms with E-state index in [0.29, 0.717) is 12.3 Å². The fourth-order valence-corrected chi connectivity index (χ4v) is 7.89. The van der Waals surface area contributed by atoms with Crippen LogP contribution in [0.25, 0.3) is 28.0 Å². The lowest BCUT2D eigenvalue weighted by Gasteiger charge is -2.37. The molecular formula is C39H46N6O4. The number of alkyl carbamates (subject to hydrolysis) is 1. The standard InChI is InChI=1S/C39H46N6O4/c1-23(2)24(3)37(46)44-19-5-6-34(44)32-20-29(21-40-32)27-9-7-25(8-10-27)26-11-13-28(14-12-26)33-22-41-36(42-33)35-18-16-30-15-17-31(38(47)45(30)35)43-39(48)49-4/h7-14,21-24,30-31,34-35H,5-6,15-20H2,1-4H3,(H,41,42)(H,43,48)/t24-,30-,31-,34-,35-/m0/s1. The Kier molecular flexibility index (Phi) is 9.13. The molecule has 0 unspecified atom stereocenters. The first kappa shape index (κ1) is 32.8. The normalized spacial score (nSPS) is 24.1. The summed E-state index contributed by atoms with van der Waals surface area (Å²) in [6.45, 7) is 7.09. The molecule has 10 heteroatoms. The van der Waals surface area contributed by atoms with Gasteiger partial charge >= 0.3 is 6.09 Å². The molecule has 0 aliphatic carbocycles. The summed E-state index contributed by atoms with van der Waals surface area (Å²) in [5.41, 5.74) is 7.63. The summed E-state index contributed by atoms with van der Waals surface area (Å²) >= 11 is 0. The molecule has 4 aliphatic heterocycles. The highest BCUT2D eigenvalue weighted by Gasteiger charge is 2.45. The van der Waals surface area contributed by atoms with Crippen molar-refractivity contribution in [2.24, 2.45) is 16.8 Å². The summed E-state index contributed by atoms with van der Waals surface area (Å²) < 4.78 is 4.72. The summed E-state index contributed by atoms with van der Waals surface area (Å²) in [7, 11) is 1.31. The molecule has 10 nitrogen and oxygen atoms in total. The number of aromatic amines is 1. The van der Waals surface area contributed by atoms with E-state index in [1.165, 1.54) is 12.7 Å². The van der Waals surface area contributed by atoms with Crippen LogP contribution >= 0.6 is 0 Å². The van der Waals surface area contributed by atoms with Gasteiger partial charge in [-0.3, -0.25) is 14.6 Å². The van der Waals surface area contributed by atoms with Gasteiger partial charge in [0.1, 0.15) is 11.9 Å². The van der Waals surface area contributed by atoms with E-state index in [9.17, 15) is 14.4 Å². The molecule has 0 saturated carbocycles. The number of rotatable bonds is 8. The minimum Gasteiger partial charge on any atom is -0.453 e. The number of fused-ring (bicyclic) bond motifs is 1. The molecule has 4 aliphatic rings. The van der Waals surface area contributed by atoms with E-state index in [-0.39, 0.29) is 35.9 Å². The second kappa shape index (κ2) is 13.6. The van der Waals surface area contributed by atoms with Crippen molar-refractivity contribution in [1.29, 1.82) is 0 Å². The van der Waals surface area contributed by atoms with Crippen molar-refractivity contribution in [3.8, 4) is 22.4 Å². The number of likely N-dealkylation sites (tertiary alicyclic amines) is 1. The van der Waals surface area contributed by atoms with Crippen LogP contribution in [-0.4, -0.2) is 75.2 Å². The number of hydrogen-bond acceptors (Lipinski definition) is 6. The van der Waals surface area contributed by atoms with E-state index in [4.69, 9.17) is 14.7 Å². The van der Waals surface area contributed by atoms with E-state index in [1.807, 2.05) is 24.2 Å². The molecule has 2 aromatic carbocycles. The number of piperidine rings is 1. The highest BCUT2D eigenvalue weighted by molar-refractivity contribution is 6.03. The Morgan fingerprint density at radius 2 is 1.57 bits per heavy atom. The van der Waals surface area contributed by atoms with E-state index in [1.54, 1.807) is 0 Å². The van der Waals surface area contributed by atoms with Gasteiger partial charge in [0.25, 0.3) is 0 Å². The van der Waals surface area contributed by atoms with Gasteiger partial charge in [-0.1, -0.05) is 69.3 Å². The molecule has 7 rings (SSSR count). The Morgan fingerprint density at radius 1 is 0.898 bits per heavy atom. The molecule has 256 valence electrons. The van der Waals surface area contributed by atoms with Gasteiger partial charge < -0.3 is 24.8 Å². The topological polar surface area (TPSA) is 120 Å². The molecular weight excluding hydrogens is 616 g/mol. The molecule has 5 atom stereocenters. The number of nitrogens with one attached hydrogen (secondary N) is 2. The van der Waals surface area contributed by atoms with Crippen LogP contribution in [0.3, 0.4) is 0 Å². The second-order valence-electron chi connectivity index (χ2n) is 14.3. The average molecular weight is 663 g/mol. The molecule has 3 amide bonds. The third-order valence-electron chi connectivity index (χ3n) is 11.1. The van der Waals surface area contributed by atoms with Crippen molar-refractivity contribution in [2.75, 3.05) is 13.7 Å². The summed E-state index contributed by atoms with van der Waals surface area (Å²) in [4.78, 5) is 55.2. The predicted molar refractivity (Wildman–Crippen MR) is 189 cm³/mol. The Labute approximate surface area is 288 Å². The molecule has 3 fully saturated rings. The highest BCUT2D eigenvalue weighted by atomic mass is 16.5. The number of methoxy groups -OCH3 is 1. The predicted octanol–water partition coefficient (Wildman–Crippen LogP) is 6.76. The van der Waals surface area contributed by atoms with Gasteiger partial charge in [0, 0.05) is 36.8 Å². The van der Waals surface area contributed by atoms with Gasteiger partial charge in [-0.2, -0.15) is 0 Å². The molecule has 3 saturated heterocycles. The summed E-state index contributed by atoms with van der Waals surface area (Å²) in [5, 5.41) is 2.69. The minimum atomic E-state index is -0.584. The molecule has 3 aromatic rings. The van der Waals surface area contributed by atoms with Crippen molar-refractivity contribution in [3.63, 3.8) is 0 Å². The van der Waals surface area contributed by atoms with Crippen LogP contribution in [0, 0.1) is 11.8 Å². The third kappa shape index (κ3) is 6.40. The lowest BCUT2D eigenvalue weighted by Crippen LogP contribution is -2.54. The number of carbonyl (C=O) groups is 3. The summed E-state index contributed by atoms with van der Waals surface area (Å²) in [5.74, 6) is 1.30. The van der Waals surface area contributed by atoms with Crippen LogP contribution in [-0.2, 0) is 14.3 Å². The first-order valence-corrected chi connectivity index (χ1v) is 17.7. The van der Waals surface area contributed by atoms with Gasteiger partial charge in [0.05, 0.1) is 31.1 Å². The van der Waals surface area contributed by atoms with Crippen molar-refractivity contribution in [1.82, 2.24) is 25.1 Å². The van der Waals surface area contributed by atoms with E-state index in [2.05, 4.69) is 77.6 Å². The number of H-pyrrole nitrogens is 1. The SMILES string of the molecule is COC(=O)N[C@H]1CC[C@H]2CC[C@@H](c3ncc(-c4ccc(-c5ccc(C6=CN=C([C@@H]7CCCN7C(=O)[C@@H](C)C(C)C)C6)cc5)cc4)[nH]3)N2C1=O. The number of ether oxygens (including phenoxy) is 1. The minimum absolute atomic E-state index is 0.0211. The van der Waals surface area contributed by atoms with Crippen LogP contribution in [0.2, 0.25) is 0 Å². The zero-order valence-electron chi connectivity index (χ0n) is 28.8. The number of amides is 3. The average Bonchev–Trinajstić information content (AvgIpc) is 3.95. The number of carbonyl (C=O) groups excluding carboxylic acids is 3. The molecule has 1 aromatic heterocycles. The number of benzene rings is 2. The van der Waals surface area contributed by atoms with Crippen LogP contribution in [0.1, 0.15) is 83.1 Å². The number of nitrogens with zero attached hydrogens (tertiary/aromatic N) is 4. The molecule has 0 spiro atoms. The van der Waals surface area contributed by atoms with Gasteiger partial charge in [0.15, 0.2) is 0 Å². The van der Waals surface area contributed by atoms with E-state index < -0.39 is 12.1 Å². The monoisotopic (exact) mass is 662 g/mol. The van der Waals surface area contributed by atoms with Gasteiger partial charge in [0.2, 0.25) is 11.8 Å². The first-order valence-electron chi connectivity index (χ1n) is 17.7. The number of imidazole rings is 1. The maximum atomic E-state index is 13.3. The van der Waals surface area contributed by atoms with Crippen molar-refractivity contribution < 1.29 is 19.1 Å². The van der Waals surface area contributed by atoms with Gasteiger partial charge in [-0.05, 0) is 72.3 Å². The Bertz CT molecular complexity index is 1780. The fourth-order valence-electron chi connectivity index (χ4n) is 7.89. The van der Waals surface area contributed by atoms with Gasteiger partial charge in [-0.15, -0.1) is 0 Å². The zero-order chi connectivity index (χ0) is 34.2. The van der Waals surface area contributed by atoms with Crippen LogP contribution in [0.5, 0.6) is 0 Å². The van der Waals surface area contributed by atoms with Crippen molar-refractivity contribution >= 4 is 29.2 Å². The molecule has 0 radical (unpaired) electrons. The Hall–Kier alpha value is -4.73. The number of allylic oxidation sites excluding steroid dienone is 1. The Morgan fingerprint density at radius 3 is 2.27 bits per heavy atom. The lowest BCUT2D eigenvalue weighted by atomic mass is 9.94. The molecule has 5 heterocycles. The van der Waals surface area contributed by atoms with Crippen LogP contribution in [0.4, 0.5) is 4.79 Å². The third-order valence-corrected chi connectivity index (χ3v) is 11.1. The molecule has 49 heavy (non-hydrogen) atoms. The summed E-state index contributed by atoms with van der Waals surface area (Å²) in [6, 6.07) is 16.6. The first-order chi connectivity index (χ1) is 23.7. The van der Waals surface area contributed by atoms with E-state index >= 15 is 0 Å². The fraction of sp³-hybridized carbons (Fsp3) is 0.462. The molecule has 0 bridgehead atoms. The smallest absolute Gasteiger partial charge is 0.407 e. The van der Waals surface area contributed by atoms with Crippen molar-refractivity contribution in [3.05, 3.63) is 72.3 Å². The second-order valence-corrected chi connectivity index (χ2v) is 14.3. The lowest BCUT2D eigenvalue weighted by molar-refractivity contribution is -0.139. The van der Waals surface area contributed by atoms with Crippen LogP contribution < -0.4 is 5.32 Å². The molecule has 2 N–H and O–H groups in total. The number of aromatic nitrogens is 2. The van der Waals surface area contributed by atoms with Crippen molar-refractivity contribution in [2.45, 2.75) is 89.9 Å². The largest absolute Gasteiger partial charge is 0.453 e. The maximum Gasteiger partial charge on any atom is 0.407 e. The zero-order valence-corrected chi connectivity index (χ0v) is 28.8. The quantitative estimate of drug-likeness (QED) is 0.276. The van der Waals surface area contributed by atoms with Gasteiger partial charge in [-0.25, -0.2) is 9.78 Å². The Balaban J connectivity index is 0.979. The van der Waals surface area contributed by atoms with Crippen LogP contribution in [0.15, 0.2) is 65.9 Å². The maximum absolute atomic E-state index is 13.3. The number of hydrogen-bond donors (Lipinski definition) is 2. The highest BCUT2D eigenvalue weighted by Crippen LogP contribution is 2.41.